The van der Waals surface area contributed by atoms with Gasteiger partial charge in [-0.2, -0.15) is 0 Å². The molecule has 3 nitrogen and oxygen atoms in total. The highest BCUT2D eigenvalue weighted by Crippen LogP contribution is 2.34. The summed E-state index contributed by atoms with van der Waals surface area (Å²) >= 11 is 0. The van der Waals surface area contributed by atoms with Crippen LogP contribution in [-0.2, 0) is 0 Å². The number of rotatable bonds is 29. The van der Waals surface area contributed by atoms with Crippen LogP contribution in [0.15, 0.2) is 152 Å². The van der Waals surface area contributed by atoms with Gasteiger partial charge in [0.05, 0.1) is 13.2 Å². The van der Waals surface area contributed by atoms with Crippen LogP contribution in [0.4, 0.5) is 17.1 Å². The molecule has 0 heterocycles. The summed E-state index contributed by atoms with van der Waals surface area (Å²) in [5.41, 5.74) is 10.2. The van der Waals surface area contributed by atoms with E-state index in [1.54, 1.807) is 0 Å². The third-order valence-corrected chi connectivity index (χ3v) is 11.8. The van der Waals surface area contributed by atoms with Crippen LogP contribution in [0.25, 0.3) is 36.5 Å². The van der Waals surface area contributed by atoms with Gasteiger partial charge in [-0.15, -0.1) is 0 Å². The predicted molar refractivity (Wildman–Crippen MR) is 283 cm³/mol. The van der Waals surface area contributed by atoms with Gasteiger partial charge in [0.15, 0.2) is 0 Å². The Morgan fingerprint density at radius 2 is 0.662 bits per heavy atom. The first kappa shape index (κ1) is 48.4. The fourth-order valence-electron chi connectivity index (χ4n) is 8.17. The molecule has 0 unspecified atom stereocenters. The van der Waals surface area contributed by atoms with Gasteiger partial charge in [0.2, 0.25) is 0 Å². The summed E-state index contributed by atoms with van der Waals surface area (Å²) in [5.74, 6) is 1.86. The number of para-hydroxylation sites is 2. The largest absolute Gasteiger partial charge is 0.494 e. The van der Waals surface area contributed by atoms with E-state index in [0.717, 1.165) is 88.0 Å². The van der Waals surface area contributed by atoms with E-state index in [1.807, 2.05) is 0 Å². The summed E-state index contributed by atoms with van der Waals surface area (Å²) in [5, 5.41) is 0. The number of benzene rings is 6. The zero-order valence-corrected chi connectivity index (χ0v) is 39.4. The molecule has 0 aliphatic rings. The molecule has 0 atom stereocenters. The Labute approximate surface area is 392 Å². The Morgan fingerprint density at radius 3 is 1.08 bits per heavy atom. The smallest absolute Gasteiger partial charge is 0.119 e. The third kappa shape index (κ3) is 17.8. The zero-order chi connectivity index (χ0) is 45.0. The lowest BCUT2D eigenvalue weighted by molar-refractivity contribution is 0.304. The van der Waals surface area contributed by atoms with Gasteiger partial charge in [-0.25, -0.2) is 0 Å². The van der Waals surface area contributed by atoms with Crippen LogP contribution in [0.3, 0.4) is 0 Å². The van der Waals surface area contributed by atoms with Gasteiger partial charge in [-0.05, 0) is 125 Å². The molecule has 6 aromatic rings. The van der Waals surface area contributed by atoms with Gasteiger partial charge < -0.3 is 14.4 Å². The van der Waals surface area contributed by atoms with Crippen molar-refractivity contribution >= 4 is 53.5 Å². The fourth-order valence-corrected chi connectivity index (χ4v) is 8.17. The van der Waals surface area contributed by atoms with Crippen LogP contribution < -0.4 is 14.4 Å². The van der Waals surface area contributed by atoms with Gasteiger partial charge in [0.25, 0.3) is 0 Å². The van der Waals surface area contributed by atoms with E-state index in [0.29, 0.717) is 0 Å². The lowest BCUT2D eigenvalue weighted by Crippen LogP contribution is -2.09. The van der Waals surface area contributed by atoms with Crippen molar-refractivity contribution in [1.29, 1.82) is 0 Å². The maximum Gasteiger partial charge on any atom is 0.119 e. The normalized spacial score (nSPS) is 11.5. The van der Waals surface area contributed by atoms with Gasteiger partial charge in [0.1, 0.15) is 11.5 Å². The van der Waals surface area contributed by atoms with E-state index in [2.05, 4.69) is 207 Å². The molecule has 0 saturated heterocycles. The zero-order valence-electron chi connectivity index (χ0n) is 39.4. The Balaban J connectivity index is 1.14. The van der Waals surface area contributed by atoms with Crippen LogP contribution in [-0.4, -0.2) is 13.2 Å². The van der Waals surface area contributed by atoms with Crippen molar-refractivity contribution in [3.05, 3.63) is 185 Å². The molecule has 6 rings (SSSR count). The molecule has 65 heavy (non-hydrogen) atoms. The number of hydrogen-bond acceptors (Lipinski definition) is 3. The molecule has 0 radical (unpaired) electrons. The number of anilines is 3. The highest BCUT2D eigenvalue weighted by atomic mass is 16.5. The molecule has 0 spiro atoms. The third-order valence-electron chi connectivity index (χ3n) is 11.8. The fraction of sp³-hybridized carbons (Fsp3) is 0.323. The Kier molecular flexibility index (Phi) is 21.3. The monoisotopic (exact) mass is 864 g/mol. The topological polar surface area (TPSA) is 21.7 Å². The average molecular weight is 864 g/mol. The molecular formula is C62H73NO2. The van der Waals surface area contributed by atoms with Crippen molar-refractivity contribution in [2.24, 2.45) is 0 Å². The number of unbranched alkanes of at least 4 members (excludes halogenated alkanes) is 14. The quantitative estimate of drug-likeness (QED) is 0.0346. The van der Waals surface area contributed by atoms with E-state index in [-0.39, 0.29) is 0 Å². The maximum atomic E-state index is 6.19. The minimum Gasteiger partial charge on any atom is -0.494 e. The van der Waals surface area contributed by atoms with Crippen molar-refractivity contribution in [2.45, 2.75) is 117 Å². The first-order valence-corrected chi connectivity index (χ1v) is 24.8. The van der Waals surface area contributed by atoms with E-state index < -0.39 is 0 Å². The summed E-state index contributed by atoms with van der Waals surface area (Å²) in [4.78, 5) is 2.29. The molecule has 0 amide bonds. The van der Waals surface area contributed by atoms with Crippen LogP contribution in [0.1, 0.15) is 150 Å². The van der Waals surface area contributed by atoms with Crippen LogP contribution >= 0.6 is 0 Å². The molecule has 0 fully saturated rings. The summed E-state index contributed by atoms with van der Waals surface area (Å²) in [7, 11) is 0. The summed E-state index contributed by atoms with van der Waals surface area (Å²) in [6.07, 6.45) is 34.0. The predicted octanol–water partition coefficient (Wildman–Crippen LogP) is 18.7. The van der Waals surface area contributed by atoms with Crippen molar-refractivity contribution in [3.63, 3.8) is 0 Å². The first-order valence-electron chi connectivity index (χ1n) is 24.8. The van der Waals surface area contributed by atoms with Gasteiger partial charge in [-0.3, -0.25) is 0 Å². The van der Waals surface area contributed by atoms with Crippen LogP contribution in [0.5, 0.6) is 11.5 Å². The molecule has 0 aromatic heterocycles. The first-order chi connectivity index (χ1) is 32.2. The molecule has 338 valence electrons. The van der Waals surface area contributed by atoms with E-state index in [1.165, 1.54) is 89.9 Å². The molecule has 3 heteroatoms. The lowest BCUT2D eigenvalue weighted by atomic mass is 10.0. The SMILES string of the molecule is CCCCCCCCCCOc1cccc(/C=C/c2cc(/C=C/c3ccc(N(c4ccccc4)c4ccccc4)cc3)cc(/C=C/c3cccc(OCCCCCCCCCC)c3)c2)c1. The molecule has 6 aromatic carbocycles. The van der Waals surface area contributed by atoms with Gasteiger partial charge >= 0.3 is 0 Å². The molecule has 0 saturated carbocycles. The van der Waals surface area contributed by atoms with Crippen molar-refractivity contribution in [3.8, 4) is 11.5 Å². The van der Waals surface area contributed by atoms with Gasteiger partial charge in [-0.1, -0.05) is 213 Å². The number of nitrogens with zero attached hydrogens (tertiary/aromatic N) is 1. The second-order valence-corrected chi connectivity index (χ2v) is 17.3. The van der Waals surface area contributed by atoms with Crippen molar-refractivity contribution in [2.75, 3.05) is 18.1 Å². The second-order valence-electron chi connectivity index (χ2n) is 17.3. The van der Waals surface area contributed by atoms with E-state index in [9.17, 15) is 0 Å². The van der Waals surface area contributed by atoms with E-state index in [4.69, 9.17) is 9.47 Å². The van der Waals surface area contributed by atoms with Crippen molar-refractivity contribution in [1.82, 2.24) is 0 Å². The molecular weight excluding hydrogens is 791 g/mol. The minimum absolute atomic E-state index is 0.765. The maximum absolute atomic E-state index is 6.19. The Bertz CT molecular complexity index is 2170. The lowest BCUT2D eigenvalue weighted by Gasteiger charge is -2.25. The molecule has 0 aliphatic heterocycles. The number of ether oxygens (including phenoxy) is 2. The van der Waals surface area contributed by atoms with Gasteiger partial charge in [0, 0.05) is 17.1 Å². The average Bonchev–Trinajstić information content (AvgIpc) is 3.35. The second kappa shape index (κ2) is 28.7. The molecule has 0 aliphatic carbocycles. The van der Waals surface area contributed by atoms with E-state index >= 15 is 0 Å². The van der Waals surface area contributed by atoms with Crippen LogP contribution in [0.2, 0.25) is 0 Å². The Hall–Kier alpha value is -6.06. The summed E-state index contributed by atoms with van der Waals surface area (Å²) < 4.78 is 12.4. The molecule has 0 bridgehead atoms. The highest BCUT2D eigenvalue weighted by molar-refractivity contribution is 5.81. The minimum atomic E-state index is 0.765. The Morgan fingerprint density at radius 1 is 0.308 bits per heavy atom. The van der Waals surface area contributed by atoms with Crippen LogP contribution in [0, 0.1) is 0 Å². The van der Waals surface area contributed by atoms with Crippen molar-refractivity contribution < 1.29 is 9.47 Å². The number of hydrogen-bond donors (Lipinski definition) is 0. The highest BCUT2D eigenvalue weighted by Gasteiger charge is 2.11. The molecule has 0 N–H and O–H groups in total. The summed E-state index contributed by atoms with van der Waals surface area (Å²) in [6.45, 7) is 6.08. The summed E-state index contributed by atoms with van der Waals surface area (Å²) in [6, 6.07) is 53.6. The standard InChI is InChI=1S/C62H73NO2/c1-3-5-7-9-11-13-15-23-45-64-61-33-25-27-53(50-61)36-39-56-47-55(38-35-52-41-43-60(44-42-52)63(58-29-19-17-20-30-58)59-31-21-18-22-32-59)48-57(49-56)40-37-54-28-26-34-62(51-54)65-46-24-16-14-12-10-8-6-4-2/h17-22,25-44,47-51H,3-16,23-24,45-46H2,1-2H3/b38-35+,39-36+,40-37+.